The van der Waals surface area contributed by atoms with Gasteiger partial charge in [0.2, 0.25) is 0 Å². The Morgan fingerprint density at radius 1 is 1.11 bits per heavy atom. The van der Waals surface area contributed by atoms with Gasteiger partial charge in [0.25, 0.3) is 0 Å². The van der Waals surface area contributed by atoms with E-state index in [1.54, 1.807) is 4.90 Å². The first kappa shape index (κ1) is 23.3. The number of benzene rings is 1. The third kappa shape index (κ3) is 8.23. The minimum absolute atomic E-state index is 0. The summed E-state index contributed by atoms with van der Waals surface area (Å²) in [6, 6.07) is 10.2. The number of ether oxygens (including phenoxy) is 1. The molecule has 1 aliphatic rings. The molecule has 0 spiro atoms. The highest BCUT2D eigenvalue weighted by atomic mass is 127. The van der Waals surface area contributed by atoms with Crippen molar-refractivity contribution >= 4 is 41.7 Å². The van der Waals surface area contributed by atoms with Crippen molar-refractivity contribution < 1.29 is 9.53 Å². The second-order valence-electron chi connectivity index (χ2n) is 6.06. The van der Waals surface area contributed by atoms with Gasteiger partial charge in [0.05, 0.1) is 6.61 Å². The van der Waals surface area contributed by atoms with Crippen LogP contribution in [0.15, 0.2) is 35.3 Å². The van der Waals surface area contributed by atoms with Gasteiger partial charge in [-0.3, -0.25) is 4.99 Å². The number of para-hydroxylation sites is 1. The van der Waals surface area contributed by atoms with Gasteiger partial charge in [0, 0.05) is 51.5 Å². The maximum absolute atomic E-state index is 11.8. The lowest BCUT2D eigenvalue weighted by atomic mass is 10.3. The van der Waals surface area contributed by atoms with Crippen molar-refractivity contribution in [1.29, 1.82) is 0 Å². The first-order chi connectivity index (χ1) is 12.7. The summed E-state index contributed by atoms with van der Waals surface area (Å²) in [7, 11) is 0. The molecule has 0 aliphatic carbocycles. The van der Waals surface area contributed by atoms with Crippen molar-refractivity contribution in [2.24, 2.45) is 4.99 Å². The van der Waals surface area contributed by atoms with E-state index in [1.807, 2.05) is 25.1 Å². The number of aliphatic imine (C=N–C) groups is 1. The number of nitrogens with zero attached hydrogens (tertiary/aromatic N) is 3. The second-order valence-corrected chi connectivity index (χ2v) is 6.06. The maximum Gasteiger partial charge on any atom is 0.409 e. The Hall–Kier alpha value is -1.71. The SMILES string of the molecule is CCNC(=NCCCNc1ccccc1)N1CCN(C(=O)OCC)CC1.I. The number of carbonyl (C=O) groups is 1. The van der Waals surface area contributed by atoms with E-state index >= 15 is 0 Å². The molecule has 0 radical (unpaired) electrons. The van der Waals surface area contributed by atoms with Crippen LogP contribution in [-0.4, -0.2) is 74.3 Å². The number of anilines is 1. The van der Waals surface area contributed by atoms with E-state index in [9.17, 15) is 4.79 Å². The fourth-order valence-electron chi connectivity index (χ4n) is 2.79. The third-order valence-electron chi connectivity index (χ3n) is 4.14. The zero-order chi connectivity index (χ0) is 18.6. The molecule has 2 N–H and O–H groups in total. The van der Waals surface area contributed by atoms with Gasteiger partial charge >= 0.3 is 6.09 Å². The van der Waals surface area contributed by atoms with E-state index in [2.05, 4.69) is 34.6 Å². The van der Waals surface area contributed by atoms with Gasteiger partial charge in [-0.2, -0.15) is 0 Å². The van der Waals surface area contributed by atoms with E-state index in [4.69, 9.17) is 9.73 Å². The minimum Gasteiger partial charge on any atom is -0.450 e. The van der Waals surface area contributed by atoms with E-state index in [0.717, 1.165) is 50.8 Å². The molecular weight excluding hydrogens is 457 g/mol. The van der Waals surface area contributed by atoms with Gasteiger partial charge in [-0.1, -0.05) is 18.2 Å². The molecule has 1 amide bonds. The van der Waals surface area contributed by atoms with E-state index in [-0.39, 0.29) is 30.1 Å². The summed E-state index contributed by atoms with van der Waals surface area (Å²) in [5.41, 5.74) is 1.14. The Morgan fingerprint density at radius 2 is 1.78 bits per heavy atom. The molecule has 1 aromatic carbocycles. The Labute approximate surface area is 179 Å². The van der Waals surface area contributed by atoms with Crippen LogP contribution in [0.1, 0.15) is 20.3 Å². The zero-order valence-electron chi connectivity index (χ0n) is 16.3. The molecule has 0 aromatic heterocycles. The zero-order valence-corrected chi connectivity index (χ0v) is 18.6. The smallest absolute Gasteiger partial charge is 0.409 e. The molecule has 1 aromatic rings. The van der Waals surface area contributed by atoms with Gasteiger partial charge in [-0.25, -0.2) is 4.79 Å². The summed E-state index contributed by atoms with van der Waals surface area (Å²) in [5.74, 6) is 0.927. The first-order valence-corrected chi connectivity index (χ1v) is 9.48. The average molecular weight is 489 g/mol. The van der Waals surface area contributed by atoms with E-state index < -0.39 is 0 Å². The maximum atomic E-state index is 11.8. The molecule has 1 aliphatic heterocycles. The van der Waals surface area contributed by atoms with Crippen molar-refractivity contribution in [1.82, 2.24) is 15.1 Å². The van der Waals surface area contributed by atoms with Crippen LogP contribution in [0.4, 0.5) is 10.5 Å². The highest BCUT2D eigenvalue weighted by molar-refractivity contribution is 14.0. The summed E-state index contributed by atoms with van der Waals surface area (Å²) >= 11 is 0. The predicted octanol–water partition coefficient (Wildman–Crippen LogP) is 2.85. The largest absolute Gasteiger partial charge is 0.450 e. The molecule has 0 atom stereocenters. The molecule has 1 fully saturated rings. The van der Waals surface area contributed by atoms with Crippen LogP contribution in [0.5, 0.6) is 0 Å². The predicted molar refractivity (Wildman–Crippen MR) is 121 cm³/mol. The molecule has 0 bridgehead atoms. The van der Waals surface area contributed by atoms with E-state index in [0.29, 0.717) is 19.7 Å². The van der Waals surface area contributed by atoms with Crippen molar-refractivity contribution in [3.05, 3.63) is 30.3 Å². The molecule has 152 valence electrons. The van der Waals surface area contributed by atoms with Gasteiger partial charge in [0.1, 0.15) is 0 Å². The van der Waals surface area contributed by atoms with Crippen LogP contribution < -0.4 is 10.6 Å². The lowest BCUT2D eigenvalue weighted by Crippen LogP contribution is -2.53. The quantitative estimate of drug-likeness (QED) is 0.267. The standard InChI is InChI=1S/C19H31N5O2.HI/c1-3-20-18(22-12-8-11-21-17-9-6-5-7-10-17)23-13-15-24(16-14-23)19(25)26-4-2;/h5-7,9-10,21H,3-4,8,11-16H2,1-2H3,(H,20,22);1H. The monoisotopic (exact) mass is 489 g/mol. The summed E-state index contributed by atoms with van der Waals surface area (Å²) in [5, 5.41) is 6.75. The number of guanidine groups is 1. The van der Waals surface area contributed by atoms with Crippen LogP contribution in [-0.2, 0) is 4.74 Å². The molecule has 8 heteroatoms. The number of nitrogens with one attached hydrogen (secondary N) is 2. The van der Waals surface area contributed by atoms with Crippen LogP contribution in [0.25, 0.3) is 0 Å². The minimum atomic E-state index is -0.221. The Bertz CT molecular complexity index is 562. The van der Waals surface area contributed by atoms with Gasteiger partial charge in [-0.15, -0.1) is 24.0 Å². The van der Waals surface area contributed by atoms with Crippen LogP contribution in [0.2, 0.25) is 0 Å². The lowest BCUT2D eigenvalue weighted by Gasteiger charge is -2.35. The van der Waals surface area contributed by atoms with Gasteiger partial charge in [0.15, 0.2) is 5.96 Å². The van der Waals surface area contributed by atoms with Crippen LogP contribution >= 0.6 is 24.0 Å². The topological polar surface area (TPSA) is 69.2 Å². The molecule has 2 rings (SSSR count). The van der Waals surface area contributed by atoms with Crippen LogP contribution in [0.3, 0.4) is 0 Å². The van der Waals surface area contributed by atoms with Gasteiger partial charge < -0.3 is 25.2 Å². The Morgan fingerprint density at radius 3 is 2.41 bits per heavy atom. The fourth-order valence-corrected chi connectivity index (χ4v) is 2.79. The van der Waals surface area contributed by atoms with Crippen molar-refractivity contribution in [2.45, 2.75) is 20.3 Å². The molecule has 27 heavy (non-hydrogen) atoms. The number of carbonyl (C=O) groups excluding carboxylic acids is 1. The van der Waals surface area contributed by atoms with Crippen molar-refractivity contribution in [3.63, 3.8) is 0 Å². The molecule has 0 saturated carbocycles. The molecule has 1 saturated heterocycles. The van der Waals surface area contributed by atoms with Crippen molar-refractivity contribution in [3.8, 4) is 0 Å². The Kier molecular flexibility index (Phi) is 11.6. The number of piperazine rings is 1. The number of hydrogen-bond acceptors (Lipinski definition) is 4. The van der Waals surface area contributed by atoms with E-state index in [1.165, 1.54) is 0 Å². The summed E-state index contributed by atoms with van der Waals surface area (Å²) < 4.78 is 5.07. The molecule has 7 nitrogen and oxygen atoms in total. The number of amides is 1. The normalized spacial score (nSPS) is 14.4. The first-order valence-electron chi connectivity index (χ1n) is 9.48. The van der Waals surface area contributed by atoms with Crippen LogP contribution in [0, 0.1) is 0 Å². The fraction of sp³-hybridized carbons (Fsp3) is 0.579. The molecule has 0 unspecified atom stereocenters. The summed E-state index contributed by atoms with van der Waals surface area (Å²) in [6.07, 6.45) is 0.744. The third-order valence-corrected chi connectivity index (χ3v) is 4.14. The average Bonchev–Trinajstić information content (AvgIpc) is 2.68. The summed E-state index contributed by atoms with van der Waals surface area (Å²) in [4.78, 5) is 20.5. The number of rotatable bonds is 7. The highest BCUT2D eigenvalue weighted by Crippen LogP contribution is 2.06. The van der Waals surface area contributed by atoms with Gasteiger partial charge in [-0.05, 0) is 32.4 Å². The lowest BCUT2D eigenvalue weighted by molar-refractivity contribution is 0.0914. The molecule has 1 heterocycles. The Balaban J connectivity index is 0.00000364. The number of hydrogen-bond donors (Lipinski definition) is 2. The highest BCUT2D eigenvalue weighted by Gasteiger charge is 2.23. The van der Waals surface area contributed by atoms with Crippen molar-refractivity contribution in [2.75, 3.05) is 57.7 Å². The second kappa shape index (κ2) is 13.5. The summed E-state index contributed by atoms with van der Waals surface area (Å²) in [6.45, 7) is 9.68. The molecular formula is C19H32IN5O2. The number of halogens is 1.